The van der Waals surface area contributed by atoms with Crippen molar-refractivity contribution in [1.29, 1.82) is 0 Å². The average Bonchev–Trinajstić information content (AvgIpc) is 3.04. The fraction of sp³-hybridized carbons (Fsp3) is 0.400. The van der Waals surface area contributed by atoms with Crippen molar-refractivity contribution in [2.24, 2.45) is 5.92 Å². The van der Waals surface area contributed by atoms with Crippen molar-refractivity contribution in [2.75, 3.05) is 19.0 Å². The van der Waals surface area contributed by atoms with Crippen LogP contribution in [0.15, 0.2) is 36.5 Å². The lowest BCUT2D eigenvalue weighted by Crippen LogP contribution is -2.15. The number of benzene rings is 1. The first kappa shape index (κ1) is 19.6. The van der Waals surface area contributed by atoms with Crippen LogP contribution in [0.4, 0.5) is 5.82 Å². The topological polar surface area (TPSA) is 65.4 Å². The number of methoxy groups -OCH3 is 1. The van der Waals surface area contributed by atoms with Crippen LogP contribution in [-0.4, -0.2) is 29.4 Å². The first-order valence-electron chi connectivity index (χ1n) is 8.85. The molecule has 1 amide bonds. The third-order valence-electron chi connectivity index (χ3n) is 3.58. The zero-order chi connectivity index (χ0) is 18.9. The Bertz CT molecular complexity index is 751. The molecule has 1 aromatic heterocycles. The standard InChI is InChI=1S/C20H27N3O3/c1-5-12-26-17-8-6-16(13-18(17)25-4)7-9-20(24)22-19-10-11-21-23(19)14-15(2)3/h6-11,13,15H,5,12,14H2,1-4H3,(H,22,24)/b9-7+. The van der Waals surface area contributed by atoms with Gasteiger partial charge in [-0.2, -0.15) is 5.10 Å². The van der Waals surface area contributed by atoms with Crippen LogP contribution >= 0.6 is 0 Å². The number of carbonyl (C=O) groups excluding carboxylic acids is 1. The van der Waals surface area contributed by atoms with Gasteiger partial charge in [0.05, 0.1) is 19.9 Å². The summed E-state index contributed by atoms with van der Waals surface area (Å²) in [5.41, 5.74) is 0.858. The van der Waals surface area contributed by atoms with Gasteiger partial charge in [0.1, 0.15) is 5.82 Å². The quantitative estimate of drug-likeness (QED) is 0.689. The van der Waals surface area contributed by atoms with Crippen molar-refractivity contribution in [3.63, 3.8) is 0 Å². The number of nitrogens with one attached hydrogen (secondary N) is 1. The first-order valence-corrected chi connectivity index (χ1v) is 8.85. The molecule has 1 heterocycles. The predicted octanol–water partition coefficient (Wildman–Crippen LogP) is 3.99. The third kappa shape index (κ3) is 5.65. The van der Waals surface area contributed by atoms with Gasteiger partial charge in [-0.15, -0.1) is 0 Å². The van der Waals surface area contributed by atoms with Crippen LogP contribution in [-0.2, 0) is 11.3 Å². The fourth-order valence-corrected chi connectivity index (χ4v) is 2.39. The lowest BCUT2D eigenvalue weighted by atomic mass is 10.2. The van der Waals surface area contributed by atoms with Crippen molar-refractivity contribution < 1.29 is 14.3 Å². The highest BCUT2D eigenvalue weighted by Crippen LogP contribution is 2.28. The van der Waals surface area contributed by atoms with E-state index < -0.39 is 0 Å². The molecule has 140 valence electrons. The second-order valence-corrected chi connectivity index (χ2v) is 6.37. The Hall–Kier alpha value is -2.76. The number of ether oxygens (including phenoxy) is 2. The van der Waals surface area contributed by atoms with Gasteiger partial charge in [-0.1, -0.05) is 26.8 Å². The summed E-state index contributed by atoms with van der Waals surface area (Å²) >= 11 is 0. The maximum atomic E-state index is 12.2. The van der Waals surface area contributed by atoms with Crippen molar-refractivity contribution in [1.82, 2.24) is 9.78 Å². The van der Waals surface area contributed by atoms with E-state index in [2.05, 4.69) is 31.2 Å². The van der Waals surface area contributed by atoms with Gasteiger partial charge in [0.2, 0.25) is 5.91 Å². The number of hydrogen-bond donors (Lipinski definition) is 1. The van der Waals surface area contributed by atoms with E-state index in [1.54, 1.807) is 30.1 Å². The van der Waals surface area contributed by atoms with Gasteiger partial charge in [-0.25, -0.2) is 4.68 Å². The maximum Gasteiger partial charge on any atom is 0.249 e. The Balaban J connectivity index is 2.02. The number of hydrogen-bond acceptors (Lipinski definition) is 4. The summed E-state index contributed by atoms with van der Waals surface area (Å²) in [5, 5.41) is 7.08. The Kier molecular flexibility index (Phi) is 7.26. The molecule has 0 saturated heterocycles. The SMILES string of the molecule is CCCOc1ccc(/C=C/C(=O)Nc2ccnn2CC(C)C)cc1OC. The number of nitrogens with zero attached hydrogens (tertiary/aromatic N) is 2. The molecule has 6 nitrogen and oxygen atoms in total. The minimum Gasteiger partial charge on any atom is -0.493 e. The molecule has 0 radical (unpaired) electrons. The number of aromatic nitrogens is 2. The smallest absolute Gasteiger partial charge is 0.249 e. The van der Waals surface area contributed by atoms with E-state index in [4.69, 9.17) is 9.47 Å². The molecular formula is C20H27N3O3. The summed E-state index contributed by atoms with van der Waals surface area (Å²) in [6, 6.07) is 7.37. The fourth-order valence-electron chi connectivity index (χ4n) is 2.39. The molecule has 26 heavy (non-hydrogen) atoms. The monoisotopic (exact) mass is 357 g/mol. The van der Waals surface area contributed by atoms with Crippen LogP contribution in [0, 0.1) is 5.92 Å². The summed E-state index contributed by atoms with van der Waals surface area (Å²) in [6.45, 7) is 7.65. The van der Waals surface area contributed by atoms with E-state index in [-0.39, 0.29) is 5.91 Å². The van der Waals surface area contributed by atoms with E-state index >= 15 is 0 Å². The third-order valence-corrected chi connectivity index (χ3v) is 3.58. The molecule has 0 saturated carbocycles. The summed E-state index contributed by atoms with van der Waals surface area (Å²) in [4.78, 5) is 12.2. The molecular weight excluding hydrogens is 330 g/mol. The van der Waals surface area contributed by atoms with Crippen molar-refractivity contribution in [2.45, 2.75) is 33.7 Å². The summed E-state index contributed by atoms with van der Waals surface area (Å²) in [6.07, 6.45) is 5.85. The molecule has 0 spiro atoms. The second kappa shape index (κ2) is 9.65. The van der Waals surface area contributed by atoms with Crippen LogP contribution in [0.25, 0.3) is 6.08 Å². The maximum absolute atomic E-state index is 12.2. The number of rotatable bonds is 9. The van der Waals surface area contributed by atoms with Gasteiger partial charge in [0.15, 0.2) is 11.5 Å². The zero-order valence-electron chi connectivity index (χ0n) is 15.9. The van der Waals surface area contributed by atoms with Gasteiger partial charge in [0.25, 0.3) is 0 Å². The Morgan fingerprint density at radius 3 is 2.81 bits per heavy atom. The molecule has 6 heteroatoms. The van der Waals surface area contributed by atoms with Crippen LogP contribution in [0.3, 0.4) is 0 Å². The van der Waals surface area contributed by atoms with Gasteiger partial charge in [0, 0.05) is 18.7 Å². The molecule has 0 unspecified atom stereocenters. The summed E-state index contributed by atoms with van der Waals surface area (Å²) in [7, 11) is 1.60. The number of amides is 1. The number of anilines is 1. The molecule has 0 aliphatic carbocycles. The molecule has 2 rings (SSSR count). The highest BCUT2D eigenvalue weighted by atomic mass is 16.5. The van der Waals surface area contributed by atoms with Gasteiger partial charge >= 0.3 is 0 Å². The highest BCUT2D eigenvalue weighted by Gasteiger charge is 2.07. The van der Waals surface area contributed by atoms with E-state index in [1.165, 1.54) is 6.08 Å². The zero-order valence-corrected chi connectivity index (χ0v) is 15.9. The molecule has 1 N–H and O–H groups in total. The van der Waals surface area contributed by atoms with E-state index in [9.17, 15) is 4.79 Å². The molecule has 0 aliphatic heterocycles. The van der Waals surface area contributed by atoms with Crippen molar-refractivity contribution in [3.8, 4) is 11.5 Å². The molecule has 0 fully saturated rings. The van der Waals surface area contributed by atoms with Crippen molar-refractivity contribution >= 4 is 17.8 Å². The van der Waals surface area contributed by atoms with Crippen LogP contribution in [0.5, 0.6) is 11.5 Å². The summed E-state index contributed by atoms with van der Waals surface area (Å²) in [5.74, 6) is 2.28. The van der Waals surface area contributed by atoms with Gasteiger partial charge in [-0.05, 0) is 36.1 Å². The van der Waals surface area contributed by atoms with E-state index in [0.29, 0.717) is 29.8 Å². The average molecular weight is 357 g/mol. The molecule has 0 atom stereocenters. The Labute approximate surface area is 154 Å². The van der Waals surface area contributed by atoms with Gasteiger partial charge in [-0.3, -0.25) is 4.79 Å². The first-order chi connectivity index (χ1) is 12.5. The largest absolute Gasteiger partial charge is 0.493 e. The summed E-state index contributed by atoms with van der Waals surface area (Å²) < 4.78 is 12.8. The van der Waals surface area contributed by atoms with Gasteiger partial charge < -0.3 is 14.8 Å². The molecule has 0 bridgehead atoms. The second-order valence-electron chi connectivity index (χ2n) is 6.37. The minimum absolute atomic E-state index is 0.208. The van der Waals surface area contributed by atoms with E-state index in [0.717, 1.165) is 18.5 Å². The minimum atomic E-state index is -0.208. The van der Waals surface area contributed by atoms with Crippen LogP contribution in [0.2, 0.25) is 0 Å². The Morgan fingerprint density at radius 2 is 2.12 bits per heavy atom. The Morgan fingerprint density at radius 1 is 1.31 bits per heavy atom. The van der Waals surface area contributed by atoms with Crippen LogP contribution in [0.1, 0.15) is 32.8 Å². The molecule has 1 aromatic carbocycles. The number of carbonyl (C=O) groups is 1. The predicted molar refractivity (Wildman–Crippen MR) is 104 cm³/mol. The van der Waals surface area contributed by atoms with Crippen LogP contribution < -0.4 is 14.8 Å². The molecule has 2 aromatic rings. The lowest BCUT2D eigenvalue weighted by Gasteiger charge is -2.10. The lowest BCUT2D eigenvalue weighted by molar-refractivity contribution is -0.111. The van der Waals surface area contributed by atoms with Crippen molar-refractivity contribution in [3.05, 3.63) is 42.1 Å². The van der Waals surface area contributed by atoms with E-state index in [1.807, 2.05) is 18.2 Å². The highest BCUT2D eigenvalue weighted by molar-refractivity contribution is 6.01. The normalized spacial score (nSPS) is 11.1. The molecule has 0 aliphatic rings.